The van der Waals surface area contributed by atoms with E-state index in [2.05, 4.69) is 9.88 Å². The van der Waals surface area contributed by atoms with Gasteiger partial charge >= 0.3 is 0 Å². The lowest BCUT2D eigenvalue weighted by Gasteiger charge is -2.37. The lowest BCUT2D eigenvalue weighted by atomic mass is 10.1. The molecule has 1 amide bonds. The van der Waals surface area contributed by atoms with E-state index in [9.17, 15) is 9.90 Å². The van der Waals surface area contributed by atoms with Gasteiger partial charge in [-0.25, -0.2) is 0 Å². The van der Waals surface area contributed by atoms with Crippen LogP contribution in [0.5, 0.6) is 0 Å². The first-order valence-corrected chi connectivity index (χ1v) is 8.06. The number of piperazine rings is 1. The molecule has 0 spiro atoms. The smallest absolute Gasteiger partial charge is 0.222 e. The van der Waals surface area contributed by atoms with Crippen molar-refractivity contribution in [3.05, 3.63) is 30.1 Å². The summed E-state index contributed by atoms with van der Waals surface area (Å²) in [6, 6.07) is 5.88. The van der Waals surface area contributed by atoms with Crippen molar-refractivity contribution >= 4 is 5.91 Å². The number of aryl methyl sites for hydroxylation is 1. The van der Waals surface area contributed by atoms with Gasteiger partial charge in [0.05, 0.1) is 5.60 Å². The Balaban J connectivity index is 1.67. The fourth-order valence-electron chi connectivity index (χ4n) is 2.83. The van der Waals surface area contributed by atoms with E-state index in [0.717, 1.165) is 44.7 Å². The van der Waals surface area contributed by atoms with Crippen LogP contribution in [-0.4, -0.2) is 64.1 Å². The highest BCUT2D eigenvalue weighted by molar-refractivity contribution is 5.76. The number of amides is 1. The highest BCUT2D eigenvalue weighted by Gasteiger charge is 2.24. The molecule has 0 bridgehead atoms. The quantitative estimate of drug-likeness (QED) is 0.861. The standard InChI is InChI=1S/C17H27N3O2/c1-17(2,22)14-19-10-12-20(13-11-19)16(21)8-5-7-15-6-3-4-9-18-15/h3-4,6,9,22H,5,7-8,10-14H2,1-2H3. The van der Waals surface area contributed by atoms with E-state index in [1.165, 1.54) is 0 Å². The maximum absolute atomic E-state index is 12.2. The predicted octanol–water partition coefficient (Wildman–Crippen LogP) is 1.32. The molecule has 0 saturated carbocycles. The Morgan fingerprint density at radius 1 is 1.27 bits per heavy atom. The van der Waals surface area contributed by atoms with Crippen molar-refractivity contribution in [1.29, 1.82) is 0 Å². The van der Waals surface area contributed by atoms with Gasteiger partial charge in [0, 0.05) is 51.0 Å². The van der Waals surface area contributed by atoms with Gasteiger partial charge < -0.3 is 10.0 Å². The van der Waals surface area contributed by atoms with E-state index in [1.54, 1.807) is 6.20 Å². The largest absolute Gasteiger partial charge is 0.389 e. The van der Waals surface area contributed by atoms with Gasteiger partial charge in [0.1, 0.15) is 0 Å². The van der Waals surface area contributed by atoms with Gasteiger partial charge in [-0.1, -0.05) is 6.07 Å². The third-order valence-electron chi connectivity index (χ3n) is 3.89. The molecule has 1 aromatic heterocycles. The third-order valence-corrected chi connectivity index (χ3v) is 3.89. The fourth-order valence-corrected chi connectivity index (χ4v) is 2.83. The molecule has 122 valence electrons. The van der Waals surface area contributed by atoms with Gasteiger partial charge in [-0.15, -0.1) is 0 Å². The topological polar surface area (TPSA) is 56.7 Å². The van der Waals surface area contributed by atoms with E-state index >= 15 is 0 Å². The zero-order valence-corrected chi connectivity index (χ0v) is 13.7. The molecule has 0 unspecified atom stereocenters. The van der Waals surface area contributed by atoms with Crippen LogP contribution >= 0.6 is 0 Å². The summed E-state index contributed by atoms with van der Waals surface area (Å²) in [5.74, 6) is 0.235. The molecule has 1 aromatic rings. The Labute approximate surface area is 132 Å². The average molecular weight is 305 g/mol. The third kappa shape index (κ3) is 5.73. The first-order valence-electron chi connectivity index (χ1n) is 8.06. The van der Waals surface area contributed by atoms with Crippen molar-refractivity contribution in [2.24, 2.45) is 0 Å². The highest BCUT2D eigenvalue weighted by atomic mass is 16.3. The zero-order chi connectivity index (χ0) is 16.0. The summed E-state index contributed by atoms with van der Waals surface area (Å²) in [6.45, 7) is 7.52. The highest BCUT2D eigenvalue weighted by Crippen LogP contribution is 2.10. The second-order valence-electron chi connectivity index (χ2n) is 6.64. The van der Waals surface area contributed by atoms with Gasteiger partial charge in [-0.2, -0.15) is 0 Å². The van der Waals surface area contributed by atoms with Gasteiger partial charge in [-0.05, 0) is 38.8 Å². The predicted molar refractivity (Wildman–Crippen MR) is 86.5 cm³/mol. The van der Waals surface area contributed by atoms with Gasteiger partial charge in [0.25, 0.3) is 0 Å². The Kier molecular flexibility index (Phi) is 5.91. The molecule has 1 N–H and O–H groups in total. The fraction of sp³-hybridized carbons (Fsp3) is 0.647. The summed E-state index contributed by atoms with van der Waals surface area (Å²) in [5.41, 5.74) is 0.375. The molecule has 0 aliphatic carbocycles. The molecule has 1 saturated heterocycles. The molecule has 0 atom stereocenters. The SMILES string of the molecule is CC(C)(O)CN1CCN(C(=O)CCCc2ccccn2)CC1. The number of hydrogen-bond donors (Lipinski definition) is 1. The minimum atomic E-state index is -0.672. The maximum Gasteiger partial charge on any atom is 0.222 e. The number of pyridine rings is 1. The molecule has 1 fully saturated rings. The average Bonchev–Trinajstić information content (AvgIpc) is 2.47. The van der Waals surface area contributed by atoms with Crippen LogP contribution in [0.25, 0.3) is 0 Å². The number of carbonyl (C=O) groups is 1. The van der Waals surface area contributed by atoms with E-state index in [4.69, 9.17) is 0 Å². The number of nitrogens with zero attached hydrogens (tertiary/aromatic N) is 3. The Morgan fingerprint density at radius 2 is 2.00 bits per heavy atom. The van der Waals surface area contributed by atoms with Crippen LogP contribution in [0.2, 0.25) is 0 Å². The summed E-state index contributed by atoms with van der Waals surface area (Å²) in [5, 5.41) is 9.84. The molecule has 0 radical (unpaired) electrons. The summed E-state index contributed by atoms with van der Waals surface area (Å²) in [7, 11) is 0. The molecule has 1 aliphatic rings. The van der Waals surface area contributed by atoms with E-state index in [1.807, 2.05) is 36.9 Å². The number of carbonyl (C=O) groups excluding carboxylic acids is 1. The molecule has 1 aliphatic heterocycles. The lowest BCUT2D eigenvalue weighted by Crippen LogP contribution is -2.51. The van der Waals surface area contributed by atoms with Crippen molar-refractivity contribution in [2.75, 3.05) is 32.7 Å². The van der Waals surface area contributed by atoms with Crippen molar-refractivity contribution < 1.29 is 9.90 Å². The minimum absolute atomic E-state index is 0.235. The Morgan fingerprint density at radius 3 is 2.59 bits per heavy atom. The van der Waals surface area contributed by atoms with Crippen molar-refractivity contribution in [3.8, 4) is 0 Å². The van der Waals surface area contributed by atoms with Crippen LogP contribution in [0.3, 0.4) is 0 Å². The molecule has 5 nitrogen and oxygen atoms in total. The first-order chi connectivity index (χ1) is 10.4. The summed E-state index contributed by atoms with van der Waals surface area (Å²) < 4.78 is 0. The number of β-amino-alcohol motifs (C(OH)–C–C–N with tert-alkyl or cyclic N) is 1. The first kappa shape index (κ1) is 16.9. The Hall–Kier alpha value is -1.46. The summed E-state index contributed by atoms with van der Waals surface area (Å²) in [4.78, 5) is 20.7. The Bertz CT molecular complexity index is 463. The van der Waals surface area contributed by atoms with Gasteiger partial charge in [0.2, 0.25) is 5.91 Å². The van der Waals surface area contributed by atoms with E-state index in [-0.39, 0.29) is 5.91 Å². The van der Waals surface area contributed by atoms with Crippen molar-refractivity contribution in [3.63, 3.8) is 0 Å². The molecule has 5 heteroatoms. The normalized spacial score (nSPS) is 16.8. The molecule has 2 heterocycles. The zero-order valence-electron chi connectivity index (χ0n) is 13.7. The summed E-state index contributed by atoms with van der Waals surface area (Å²) >= 11 is 0. The van der Waals surface area contributed by atoms with Gasteiger partial charge in [0.15, 0.2) is 0 Å². The van der Waals surface area contributed by atoms with Crippen LogP contribution < -0.4 is 0 Å². The van der Waals surface area contributed by atoms with Crippen molar-refractivity contribution in [1.82, 2.24) is 14.8 Å². The number of hydrogen-bond acceptors (Lipinski definition) is 4. The monoisotopic (exact) mass is 305 g/mol. The van der Waals surface area contributed by atoms with Crippen LogP contribution in [0.4, 0.5) is 0 Å². The van der Waals surface area contributed by atoms with Gasteiger partial charge in [-0.3, -0.25) is 14.7 Å². The number of aromatic nitrogens is 1. The van der Waals surface area contributed by atoms with Crippen LogP contribution in [0.15, 0.2) is 24.4 Å². The summed E-state index contributed by atoms with van der Waals surface area (Å²) in [6.07, 6.45) is 4.08. The minimum Gasteiger partial charge on any atom is -0.389 e. The van der Waals surface area contributed by atoms with E-state index < -0.39 is 5.60 Å². The van der Waals surface area contributed by atoms with Crippen LogP contribution in [0, 0.1) is 0 Å². The van der Waals surface area contributed by atoms with Crippen molar-refractivity contribution in [2.45, 2.75) is 38.7 Å². The number of aliphatic hydroxyl groups is 1. The molecular weight excluding hydrogens is 278 g/mol. The lowest BCUT2D eigenvalue weighted by molar-refractivity contribution is -0.133. The van der Waals surface area contributed by atoms with E-state index in [0.29, 0.717) is 13.0 Å². The molecule has 2 rings (SSSR count). The molecule has 22 heavy (non-hydrogen) atoms. The van der Waals surface area contributed by atoms with Crippen LogP contribution in [0.1, 0.15) is 32.4 Å². The van der Waals surface area contributed by atoms with Crippen LogP contribution in [-0.2, 0) is 11.2 Å². The maximum atomic E-state index is 12.2. The number of rotatable bonds is 6. The molecular formula is C17H27N3O2. The molecule has 0 aromatic carbocycles. The second-order valence-corrected chi connectivity index (χ2v) is 6.64. The second kappa shape index (κ2) is 7.70.